The van der Waals surface area contributed by atoms with Crippen LogP contribution in [0.25, 0.3) is 0 Å². The summed E-state index contributed by atoms with van der Waals surface area (Å²) in [6.07, 6.45) is 3.06. The molecule has 0 bridgehead atoms. The molecule has 0 saturated heterocycles. The molecule has 36 valence electrons. The second-order valence-corrected chi connectivity index (χ2v) is 0.519. The molecular formula is C3H7O2P. The fourth-order valence-corrected chi connectivity index (χ4v) is 0. The van der Waals surface area contributed by atoms with E-state index >= 15 is 0 Å². The Morgan fingerprint density at radius 3 is 1.83 bits per heavy atom. The van der Waals surface area contributed by atoms with E-state index in [0.717, 1.165) is 6.92 Å². The molecule has 0 aliphatic carbocycles. The molecular weight excluding hydrogens is 99.0 g/mol. The average Bonchev–Trinajstić information content (AvgIpc) is 1.41. The second-order valence-electron chi connectivity index (χ2n) is 0.519. The summed E-state index contributed by atoms with van der Waals surface area (Å²) < 4.78 is 0. The molecule has 0 amide bonds. The van der Waals surface area contributed by atoms with E-state index < -0.39 is 5.97 Å². The molecule has 0 radical (unpaired) electrons. The molecule has 0 aliphatic rings. The van der Waals surface area contributed by atoms with Gasteiger partial charge in [-0.25, -0.2) is 0 Å². The van der Waals surface area contributed by atoms with Crippen LogP contribution in [0.15, 0.2) is 0 Å². The zero-order valence-corrected chi connectivity index (χ0v) is 4.56. The molecule has 3 heteroatoms. The Morgan fingerprint density at radius 1 is 1.83 bits per heavy atom. The molecule has 0 atom stereocenters. The highest BCUT2D eigenvalue weighted by Crippen LogP contribution is 1.42. The van der Waals surface area contributed by atoms with Gasteiger partial charge in [-0.05, 0) is 0 Å². The fourth-order valence-electron chi connectivity index (χ4n) is 0. The van der Waals surface area contributed by atoms with Crippen molar-refractivity contribution in [2.24, 2.45) is 0 Å². The maximum atomic E-state index is 9.00. The van der Waals surface area contributed by atoms with Crippen LogP contribution in [0.4, 0.5) is 0 Å². The minimum absolute atomic E-state index is 0.833. The summed E-state index contributed by atoms with van der Waals surface area (Å²) in [5, 5.41) is 7.42. The SMILES string of the molecule is C=P.CC(=O)O. The number of rotatable bonds is 0. The third-order valence-electron chi connectivity index (χ3n) is 0. The van der Waals surface area contributed by atoms with E-state index in [9.17, 15) is 0 Å². The van der Waals surface area contributed by atoms with Crippen LogP contribution in [0.1, 0.15) is 6.92 Å². The van der Waals surface area contributed by atoms with E-state index in [0.29, 0.717) is 0 Å². The van der Waals surface area contributed by atoms with Crippen molar-refractivity contribution in [2.75, 3.05) is 0 Å². The van der Waals surface area contributed by atoms with Crippen molar-refractivity contribution in [3.8, 4) is 0 Å². The number of carboxylic acids is 1. The summed E-state index contributed by atoms with van der Waals surface area (Å²) in [6.45, 7) is 1.08. The van der Waals surface area contributed by atoms with Crippen LogP contribution in [0.5, 0.6) is 0 Å². The van der Waals surface area contributed by atoms with Gasteiger partial charge in [-0.1, -0.05) is 6.30 Å². The monoisotopic (exact) mass is 106 g/mol. The minimum Gasteiger partial charge on any atom is -0.481 e. The summed E-state index contributed by atoms with van der Waals surface area (Å²) in [4.78, 5) is 9.00. The Bertz CT molecular complexity index is 40.1. The van der Waals surface area contributed by atoms with Gasteiger partial charge in [0.15, 0.2) is 0 Å². The maximum absolute atomic E-state index is 9.00. The van der Waals surface area contributed by atoms with Gasteiger partial charge in [-0.3, -0.25) is 4.79 Å². The predicted molar refractivity (Wildman–Crippen MR) is 28.7 cm³/mol. The first kappa shape index (κ1) is 9.16. The van der Waals surface area contributed by atoms with E-state index in [-0.39, 0.29) is 0 Å². The topological polar surface area (TPSA) is 37.3 Å². The molecule has 0 spiro atoms. The molecule has 0 aromatic heterocycles. The van der Waals surface area contributed by atoms with Crippen LogP contribution in [0, 0.1) is 0 Å². The standard InChI is InChI=1S/C2H4O2.CH3P/c1-2(3)4;1-2/h1H3,(H,3,4);2H,1H2. The highest BCUT2D eigenvalue weighted by molar-refractivity contribution is 7.15. The summed E-state index contributed by atoms with van der Waals surface area (Å²) >= 11 is 0. The lowest BCUT2D eigenvalue weighted by Gasteiger charge is -1.59. The Kier molecular flexibility index (Phi) is 13.5. The van der Waals surface area contributed by atoms with Gasteiger partial charge in [0.05, 0.1) is 0 Å². The summed E-state index contributed by atoms with van der Waals surface area (Å²) in [7, 11) is 2.72. The predicted octanol–water partition coefficient (Wildman–Crippen LogP) is 0.652. The van der Waals surface area contributed by atoms with Gasteiger partial charge in [-0.2, -0.15) is 0 Å². The minimum atomic E-state index is -0.833. The summed E-state index contributed by atoms with van der Waals surface area (Å²) in [5.41, 5.74) is 0. The van der Waals surface area contributed by atoms with Crippen LogP contribution in [0.2, 0.25) is 0 Å². The van der Waals surface area contributed by atoms with E-state index in [2.05, 4.69) is 15.2 Å². The van der Waals surface area contributed by atoms with Crippen molar-refractivity contribution in [1.82, 2.24) is 0 Å². The molecule has 0 aromatic rings. The lowest BCUT2D eigenvalue weighted by Crippen LogP contribution is -1.78. The third kappa shape index (κ3) is 196. The van der Waals surface area contributed by atoms with Crippen molar-refractivity contribution in [3.05, 3.63) is 0 Å². The van der Waals surface area contributed by atoms with Gasteiger partial charge >= 0.3 is 0 Å². The first-order valence-corrected chi connectivity index (χ1v) is 1.99. The Labute approximate surface area is 39.0 Å². The zero-order chi connectivity index (χ0) is 5.58. The highest BCUT2D eigenvalue weighted by Gasteiger charge is 1.65. The summed E-state index contributed by atoms with van der Waals surface area (Å²) in [6, 6.07) is 0. The highest BCUT2D eigenvalue weighted by atomic mass is 31.0. The van der Waals surface area contributed by atoms with E-state index in [1.54, 1.807) is 0 Å². The molecule has 0 saturated carbocycles. The normalized spacial score (nSPS) is 4.83. The van der Waals surface area contributed by atoms with E-state index in [1.165, 1.54) is 0 Å². The van der Waals surface area contributed by atoms with Crippen LogP contribution in [-0.2, 0) is 4.79 Å². The Balaban J connectivity index is 0. The van der Waals surface area contributed by atoms with E-state index in [4.69, 9.17) is 9.90 Å². The number of aliphatic carboxylic acids is 1. The average molecular weight is 106 g/mol. The van der Waals surface area contributed by atoms with Crippen LogP contribution < -0.4 is 0 Å². The first-order valence-electron chi connectivity index (χ1n) is 1.28. The van der Waals surface area contributed by atoms with Gasteiger partial charge in [0, 0.05) is 6.92 Å². The van der Waals surface area contributed by atoms with Crippen molar-refractivity contribution >= 4 is 21.1 Å². The second kappa shape index (κ2) is 8.82. The van der Waals surface area contributed by atoms with Gasteiger partial charge < -0.3 is 5.11 Å². The lowest BCUT2D eigenvalue weighted by atomic mass is 10.9. The van der Waals surface area contributed by atoms with Crippen LogP contribution in [-0.4, -0.2) is 17.4 Å². The van der Waals surface area contributed by atoms with E-state index in [1.807, 2.05) is 0 Å². The quantitative estimate of drug-likeness (QED) is 0.460. The number of carbonyl (C=O) groups is 1. The van der Waals surface area contributed by atoms with Crippen molar-refractivity contribution in [3.63, 3.8) is 0 Å². The smallest absolute Gasteiger partial charge is 0.300 e. The van der Waals surface area contributed by atoms with Crippen molar-refractivity contribution in [1.29, 1.82) is 0 Å². The van der Waals surface area contributed by atoms with Crippen LogP contribution >= 0.6 is 8.86 Å². The van der Waals surface area contributed by atoms with Crippen molar-refractivity contribution in [2.45, 2.75) is 6.92 Å². The number of hydrogen-bond acceptors (Lipinski definition) is 1. The fraction of sp³-hybridized carbons (Fsp3) is 0.333. The summed E-state index contributed by atoms with van der Waals surface area (Å²) in [5.74, 6) is -0.833. The third-order valence-corrected chi connectivity index (χ3v) is 0. The molecule has 2 nitrogen and oxygen atoms in total. The molecule has 0 aliphatic heterocycles. The Hall–Kier alpha value is -0.360. The molecule has 6 heavy (non-hydrogen) atoms. The molecule has 0 aromatic carbocycles. The van der Waals surface area contributed by atoms with Crippen molar-refractivity contribution < 1.29 is 9.90 Å². The molecule has 1 N–H and O–H groups in total. The first-order chi connectivity index (χ1) is 2.73. The number of hydrogen-bond donors (Lipinski definition) is 1. The zero-order valence-electron chi connectivity index (χ0n) is 3.56. The molecule has 0 unspecified atom stereocenters. The molecule has 0 fully saturated rings. The maximum Gasteiger partial charge on any atom is 0.300 e. The lowest BCUT2D eigenvalue weighted by molar-refractivity contribution is -0.134. The van der Waals surface area contributed by atoms with Gasteiger partial charge in [0.1, 0.15) is 0 Å². The van der Waals surface area contributed by atoms with Crippen LogP contribution in [0.3, 0.4) is 0 Å². The largest absolute Gasteiger partial charge is 0.481 e. The number of carboxylic acid groups (broad SMARTS) is 1. The Morgan fingerprint density at radius 2 is 1.83 bits per heavy atom. The van der Waals surface area contributed by atoms with Gasteiger partial charge in [-0.15, -0.1) is 8.86 Å². The molecule has 0 heterocycles. The molecule has 0 rings (SSSR count). The van der Waals surface area contributed by atoms with Gasteiger partial charge in [0.2, 0.25) is 0 Å². The van der Waals surface area contributed by atoms with Gasteiger partial charge in [0.25, 0.3) is 5.97 Å².